The van der Waals surface area contributed by atoms with Crippen LogP contribution in [0.1, 0.15) is 61.2 Å². The summed E-state index contributed by atoms with van der Waals surface area (Å²) in [4.78, 5) is 44.0. The van der Waals surface area contributed by atoms with Crippen molar-refractivity contribution in [3.8, 4) is 5.75 Å². The third kappa shape index (κ3) is 5.61. The maximum absolute atomic E-state index is 13.5. The second-order valence-electron chi connectivity index (χ2n) is 9.30. The lowest BCUT2D eigenvalue weighted by molar-refractivity contribution is 0.0384. The van der Waals surface area contributed by atoms with E-state index in [4.69, 9.17) is 9.47 Å². The summed E-state index contributed by atoms with van der Waals surface area (Å²) >= 11 is 0. The minimum absolute atomic E-state index is 0.0134. The molecule has 1 aliphatic rings. The van der Waals surface area contributed by atoms with Crippen LogP contribution < -0.4 is 10.9 Å². The molecule has 11 heteroatoms. The number of aryl methyl sites for hydroxylation is 1. The zero-order chi connectivity index (χ0) is 26.1. The number of nitrogens with zero attached hydrogens (tertiary/aromatic N) is 3. The fourth-order valence-corrected chi connectivity index (χ4v) is 3.41. The number of carbonyl (C=O) groups excluding carboxylic acids is 2. The van der Waals surface area contributed by atoms with Gasteiger partial charge in [-0.1, -0.05) is 12.1 Å². The number of amides is 2. The molecule has 0 saturated carbocycles. The van der Waals surface area contributed by atoms with Crippen molar-refractivity contribution in [3.05, 3.63) is 63.3 Å². The molecule has 0 radical (unpaired) electrons. The summed E-state index contributed by atoms with van der Waals surface area (Å²) in [5.41, 5.74) is -1.05. The number of nitrogens with one attached hydrogen (secondary N) is 1. The fourth-order valence-electron chi connectivity index (χ4n) is 3.41. The highest BCUT2D eigenvalue weighted by atomic mass is 19.1. The van der Waals surface area contributed by atoms with Crippen LogP contribution in [0, 0.1) is 12.7 Å². The standard InChI is InChI=1S/C24H29FN4O6/c1-13-9-15(7-8-16(13)25)10-26-21(31)18-19(30)22(32)29-14(2)11-34-12-17(20(29)27-18)28(6)23(33)35-24(3,4)5/h7-9,12,14,30H,10-11H2,1-6H3,(H,26,31)/t14-/m0/s1. The van der Waals surface area contributed by atoms with Crippen LogP contribution in [-0.2, 0) is 16.0 Å². The largest absolute Gasteiger partial charge is 0.501 e. The van der Waals surface area contributed by atoms with E-state index in [9.17, 15) is 23.9 Å². The van der Waals surface area contributed by atoms with E-state index in [0.717, 1.165) is 9.47 Å². The molecular formula is C24H29FN4O6. The molecule has 10 nitrogen and oxygen atoms in total. The fraction of sp³-hybridized carbons (Fsp3) is 0.417. The number of halogens is 1. The van der Waals surface area contributed by atoms with Crippen LogP contribution in [0.4, 0.5) is 9.18 Å². The Balaban J connectivity index is 1.99. The molecule has 0 unspecified atom stereocenters. The molecule has 0 saturated heterocycles. The molecule has 1 aromatic heterocycles. The van der Waals surface area contributed by atoms with Crippen LogP contribution in [0.15, 0.2) is 29.3 Å². The van der Waals surface area contributed by atoms with Gasteiger partial charge in [-0.25, -0.2) is 14.2 Å². The highest BCUT2D eigenvalue weighted by Gasteiger charge is 2.31. The molecule has 3 rings (SSSR count). The third-order valence-electron chi connectivity index (χ3n) is 5.21. The first-order chi connectivity index (χ1) is 16.3. The van der Waals surface area contributed by atoms with E-state index in [1.807, 2.05) is 0 Å². The molecule has 2 amide bonds. The monoisotopic (exact) mass is 488 g/mol. The molecule has 0 spiro atoms. The summed E-state index contributed by atoms with van der Waals surface area (Å²) in [6.45, 7) is 8.47. The lowest BCUT2D eigenvalue weighted by Crippen LogP contribution is -2.37. The van der Waals surface area contributed by atoms with Gasteiger partial charge >= 0.3 is 6.09 Å². The number of carbonyl (C=O) groups is 2. The second-order valence-corrected chi connectivity index (χ2v) is 9.30. The quantitative estimate of drug-likeness (QED) is 0.678. The average molecular weight is 489 g/mol. The number of aromatic nitrogens is 2. The Kier molecular flexibility index (Phi) is 7.18. The van der Waals surface area contributed by atoms with Crippen molar-refractivity contribution in [2.75, 3.05) is 13.7 Å². The van der Waals surface area contributed by atoms with Gasteiger partial charge in [-0.05, 0) is 51.8 Å². The van der Waals surface area contributed by atoms with Crippen molar-refractivity contribution >= 4 is 17.7 Å². The van der Waals surface area contributed by atoms with Crippen LogP contribution in [0.2, 0.25) is 0 Å². The number of hydrogen-bond acceptors (Lipinski definition) is 7. The van der Waals surface area contributed by atoms with E-state index in [2.05, 4.69) is 10.3 Å². The SMILES string of the molecule is Cc1cc(CNC(=O)c2nc3n(c(=O)c2O)[C@@H](C)COC=C3N(C)C(=O)OC(C)(C)C)ccc1F. The van der Waals surface area contributed by atoms with Gasteiger partial charge in [-0.3, -0.25) is 19.1 Å². The summed E-state index contributed by atoms with van der Waals surface area (Å²) in [5.74, 6) is -2.08. The Labute approximate surface area is 202 Å². The van der Waals surface area contributed by atoms with Crippen molar-refractivity contribution in [1.82, 2.24) is 19.8 Å². The Hall–Kier alpha value is -3.89. The highest BCUT2D eigenvalue weighted by Crippen LogP contribution is 2.26. The predicted octanol–water partition coefficient (Wildman–Crippen LogP) is 3.08. The molecule has 188 valence electrons. The maximum Gasteiger partial charge on any atom is 0.414 e. The van der Waals surface area contributed by atoms with Crippen LogP contribution in [0.25, 0.3) is 5.70 Å². The van der Waals surface area contributed by atoms with Gasteiger partial charge in [-0.15, -0.1) is 0 Å². The van der Waals surface area contributed by atoms with Gasteiger partial charge in [0, 0.05) is 13.6 Å². The molecule has 2 N–H and O–H groups in total. The van der Waals surface area contributed by atoms with Crippen molar-refractivity contribution < 1.29 is 28.6 Å². The second kappa shape index (κ2) is 9.77. The Morgan fingerprint density at radius 3 is 2.69 bits per heavy atom. The van der Waals surface area contributed by atoms with E-state index < -0.39 is 40.6 Å². The zero-order valence-corrected chi connectivity index (χ0v) is 20.5. The number of benzene rings is 1. The summed E-state index contributed by atoms with van der Waals surface area (Å²) in [6.07, 6.45) is 0.527. The molecule has 0 bridgehead atoms. The van der Waals surface area contributed by atoms with Gasteiger partial charge in [0.05, 0.1) is 6.04 Å². The topological polar surface area (TPSA) is 123 Å². The number of hydrogen-bond donors (Lipinski definition) is 2. The van der Waals surface area contributed by atoms with Crippen LogP contribution in [0.5, 0.6) is 5.75 Å². The smallest absolute Gasteiger partial charge is 0.414 e. The van der Waals surface area contributed by atoms with E-state index in [1.165, 1.54) is 25.4 Å². The molecule has 2 aromatic rings. The van der Waals surface area contributed by atoms with Crippen molar-refractivity contribution in [2.45, 2.75) is 52.8 Å². The molecule has 1 atom stereocenters. The number of rotatable bonds is 4. The Morgan fingerprint density at radius 2 is 2.06 bits per heavy atom. The summed E-state index contributed by atoms with van der Waals surface area (Å²) in [5, 5.41) is 13.1. The number of aromatic hydroxyl groups is 1. The predicted molar refractivity (Wildman–Crippen MR) is 125 cm³/mol. The van der Waals surface area contributed by atoms with E-state index >= 15 is 0 Å². The van der Waals surface area contributed by atoms with Crippen LogP contribution in [0.3, 0.4) is 0 Å². The molecule has 1 aromatic carbocycles. The van der Waals surface area contributed by atoms with Crippen molar-refractivity contribution in [2.24, 2.45) is 0 Å². The normalized spacial score (nSPS) is 15.3. The molecular weight excluding hydrogens is 459 g/mol. The Bertz CT molecular complexity index is 1250. The van der Waals surface area contributed by atoms with E-state index in [-0.39, 0.29) is 30.5 Å². The van der Waals surface area contributed by atoms with Crippen molar-refractivity contribution in [1.29, 1.82) is 0 Å². The van der Waals surface area contributed by atoms with Gasteiger partial charge in [0.2, 0.25) is 5.75 Å². The third-order valence-corrected chi connectivity index (χ3v) is 5.21. The highest BCUT2D eigenvalue weighted by molar-refractivity contribution is 5.95. The Morgan fingerprint density at radius 1 is 1.37 bits per heavy atom. The van der Waals surface area contributed by atoms with Crippen LogP contribution >= 0.6 is 0 Å². The lowest BCUT2D eigenvalue weighted by Gasteiger charge is -2.26. The summed E-state index contributed by atoms with van der Waals surface area (Å²) in [6, 6.07) is 3.81. The first-order valence-electron chi connectivity index (χ1n) is 11.0. The zero-order valence-electron chi connectivity index (χ0n) is 20.5. The minimum Gasteiger partial charge on any atom is -0.501 e. The molecule has 0 fully saturated rings. The van der Waals surface area contributed by atoms with Gasteiger partial charge < -0.3 is 19.9 Å². The minimum atomic E-state index is -0.862. The molecule has 1 aliphatic heterocycles. The van der Waals surface area contributed by atoms with Crippen molar-refractivity contribution in [3.63, 3.8) is 0 Å². The first kappa shape index (κ1) is 25.7. The summed E-state index contributed by atoms with van der Waals surface area (Å²) in [7, 11) is 1.42. The molecule has 35 heavy (non-hydrogen) atoms. The molecule has 2 heterocycles. The van der Waals surface area contributed by atoms with Gasteiger partial charge in [-0.2, -0.15) is 0 Å². The van der Waals surface area contributed by atoms with Gasteiger partial charge in [0.15, 0.2) is 11.5 Å². The number of ether oxygens (including phenoxy) is 2. The van der Waals surface area contributed by atoms with Gasteiger partial charge in [0.1, 0.15) is 30.0 Å². The number of fused-ring (bicyclic) bond motifs is 1. The van der Waals surface area contributed by atoms with E-state index in [0.29, 0.717) is 11.1 Å². The van der Waals surface area contributed by atoms with E-state index in [1.54, 1.807) is 40.7 Å². The maximum atomic E-state index is 13.5. The first-order valence-corrected chi connectivity index (χ1v) is 11.0. The summed E-state index contributed by atoms with van der Waals surface area (Å²) < 4.78 is 25.6. The average Bonchev–Trinajstić information content (AvgIpc) is 2.93. The molecule has 0 aliphatic carbocycles. The lowest BCUT2D eigenvalue weighted by atomic mass is 10.1. The van der Waals surface area contributed by atoms with Crippen LogP contribution in [-0.4, -0.2) is 50.8 Å². The van der Waals surface area contributed by atoms with Gasteiger partial charge in [0.25, 0.3) is 11.5 Å².